The number of benzene rings is 1. The Morgan fingerprint density at radius 1 is 1.18 bits per heavy atom. The summed E-state index contributed by atoms with van der Waals surface area (Å²) in [5.41, 5.74) is 0.562. The maximum Gasteiger partial charge on any atom is 0.336 e. The molecule has 1 unspecified atom stereocenters. The second-order valence-corrected chi connectivity index (χ2v) is 6.15. The van der Waals surface area contributed by atoms with Crippen molar-refractivity contribution in [2.45, 2.75) is 39.0 Å². The van der Waals surface area contributed by atoms with Crippen LogP contribution in [0.4, 0.5) is 0 Å². The highest BCUT2D eigenvalue weighted by atomic mass is 16.7. The fourth-order valence-electron chi connectivity index (χ4n) is 3.27. The third-order valence-electron chi connectivity index (χ3n) is 4.50. The van der Waals surface area contributed by atoms with E-state index in [-0.39, 0.29) is 17.0 Å². The molecule has 1 aliphatic heterocycles. The number of carbonyl (C=O) groups excluding carboxylic acids is 3. The van der Waals surface area contributed by atoms with E-state index in [9.17, 15) is 14.4 Å². The molecule has 3 rings (SSSR count). The quantitative estimate of drug-likeness (QED) is 0.802. The van der Waals surface area contributed by atoms with Crippen molar-refractivity contribution < 1.29 is 19.2 Å². The van der Waals surface area contributed by atoms with Crippen LogP contribution in [0.3, 0.4) is 0 Å². The number of carbonyl (C=O) groups is 3. The zero-order chi connectivity index (χ0) is 15.7. The molecule has 1 aliphatic carbocycles. The molecule has 0 saturated heterocycles. The molecule has 1 saturated carbocycles. The molecule has 1 aromatic carbocycles. The maximum absolute atomic E-state index is 12.2. The number of rotatable bonds is 4. The SMILES string of the molecule is CC(CC1CCCC1)C(=O)ON1C(=O)c2ccccc2C1=O. The van der Waals surface area contributed by atoms with Crippen LogP contribution >= 0.6 is 0 Å². The van der Waals surface area contributed by atoms with Crippen LogP contribution in [0.1, 0.15) is 59.7 Å². The molecular weight excluding hydrogens is 282 g/mol. The maximum atomic E-state index is 12.2. The second kappa shape index (κ2) is 5.91. The Bertz CT molecular complexity index is 584. The normalized spacial score (nSPS) is 19.4. The first-order valence-electron chi connectivity index (χ1n) is 7.77. The smallest absolute Gasteiger partial charge is 0.329 e. The Balaban J connectivity index is 1.65. The summed E-state index contributed by atoms with van der Waals surface area (Å²) in [6.07, 6.45) is 5.47. The van der Waals surface area contributed by atoms with Crippen LogP contribution in [0.2, 0.25) is 0 Å². The molecule has 116 valence electrons. The summed E-state index contributed by atoms with van der Waals surface area (Å²) in [6, 6.07) is 6.48. The summed E-state index contributed by atoms with van der Waals surface area (Å²) >= 11 is 0. The lowest BCUT2D eigenvalue weighted by molar-refractivity contribution is -0.173. The van der Waals surface area contributed by atoms with Crippen LogP contribution in [-0.4, -0.2) is 22.8 Å². The first kappa shape index (κ1) is 14.8. The first-order chi connectivity index (χ1) is 10.6. The predicted molar refractivity (Wildman–Crippen MR) is 78.8 cm³/mol. The van der Waals surface area contributed by atoms with Crippen molar-refractivity contribution in [1.82, 2.24) is 5.06 Å². The van der Waals surface area contributed by atoms with Gasteiger partial charge in [0.25, 0.3) is 11.8 Å². The van der Waals surface area contributed by atoms with Gasteiger partial charge in [-0.05, 0) is 24.5 Å². The number of imide groups is 1. The number of hydroxylamine groups is 2. The van der Waals surface area contributed by atoms with Crippen LogP contribution in [-0.2, 0) is 9.63 Å². The van der Waals surface area contributed by atoms with E-state index >= 15 is 0 Å². The molecule has 0 N–H and O–H groups in total. The minimum Gasteiger partial charge on any atom is -0.329 e. The van der Waals surface area contributed by atoms with Crippen molar-refractivity contribution >= 4 is 17.8 Å². The largest absolute Gasteiger partial charge is 0.336 e. The van der Waals surface area contributed by atoms with E-state index in [1.54, 1.807) is 31.2 Å². The van der Waals surface area contributed by atoms with Gasteiger partial charge in [0.2, 0.25) is 0 Å². The lowest BCUT2D eigenvalue weighted by Gasteiger charge is -2.18. The van der Waals surface area contributed by atoms with E-state index in [1.165, 1.54) is 12.8 Å². The topological polar surface area (TPSA) is 63.7 Å². The van der Waals surface area contributed by atoms with Crippen molar-refractivity contribution in [2.24, 2.45) is 11.8 Å². The average Bonchev–Trinajstić information content (AvgIpc) is 3.10. The Labute approximate surface area is 129 Å². The van der Waals surface area contributed by atoms with Crippen molar-refractivity contribution in [2.75, 3.05) is 0 Å². The third-order valence-corrected chi connectivity index (χ3v) is 4.50. The van der Waals surface area contributed by atoms with E-state index in [0.717, 1.165) is 19.3 Å². The van der Waals surface area contributed by atoms with Gasteiger partial charge in [-0.3, -0.25) is 9.59 Å². The fourth-order valence-corrected chi connectivity index (χ4v) is 3.27. The number of nitrogens with zero attached hydrogens (tertiary/aromatic N) is 1. The summed E-state index contributed by atoms with van der Waals surface area (Å²) in [6.45, 7) is 1.79. The molecule has 5 nitrogen and oxygen atoms in total. The number of fused-ring (bicyclic) bond motifs is 1. The van der Waals surface area contributed by atoms with Crippen LogP contribution < -0.4 is 0 Å². The highest BCUT2D eigenvalue weighted by Crippen LogP contribution is 2.31. The summed E-state index contributed by atoms with van der Waals surface area (Å²) in [7, 11) is 0. The van der Waals surface area contributed by atoms with Crippen molar-refractivity contribution in [3.8, 4) is 0 Å². The zero-order valence-electron chi connectivity index (χ0n) is 12.6. The van der Waals surface area contributed by atoms with Gasteiger partial charge in [0.15, 0.2) is 0 Å². The standard InChI is InChI=1S/C17H19NO4/c1-11(10-12-6-2-3-7-12)17(21)22-18-15(19)13-8-4-5-9-14(13)16(18)20/h4-5,8-9,11-12H,2-3,6-7,10H2,1H3. The molecule has 1 heterocycles. The van der Waals surface area contributed by atoms with Gasteiger partial charge >= 0.3 is 5.97 Å². The highest BCUT2D eigenvalue weighted by Gasteiger charge is 2.39. The Morgan fingerprint density at radius 3 is 2.27 bits per heavy atom. The van der Waals surface area contributed by atoms with Gasteiger partial charge < -0.3 is 4.84 Å². The van der Waals surface area contributed by atoms with Crippen molar-refractivity contribution in [3.05, 3.63) is 35.4 Å². The molecular formula is C17H19NO4. The molecule has 0 radical (unpaired) electrons. The van der Waals surface area contributed by atoms with Crippen LogP contribution in [0.15, 0.2) is 24.3 Å². The van der Waals surface area contributed by atoms with E-state index in [4.69, 9.17) is 4.84 Å². The van der Waals surface area contributed by atoms with Crippen LogP contribution in [0.5, 0.6) is 0 Å². The van der Waals surface area contributed by atoms with Crippen molar-refractivity contribution in [3.63, 3.8) is 0 Å². The van der Waals surface area contributed by atoms with Gasteiger partial charge in [-0.1, -0.05) is 49.8 Å². The first-order valence-corrected chi connectivity index (χ1v) is 7.77. The summed E-state index contributed by atoms with van der Waals surface area (Å²) in [4.78, 5) is 41.5. The average molecular weight is 301 g/mol. The summed E-state index contributed by atoms with van der Waals surface area (Å²) < 4.78 is 0. The summed E-state index contributed by atoms with van der Waals surface area (Å²) in [5.74, 6) is -1.41. The Morgan fingerprint density at radius 2 is 1.73 bits per heavy atom. The monoisotopic (exact) mass is 301 g/mol. The van der Waals surface area contributed by atoms with Gasteiger partial charge in [-0.25, -0.2) is 4.79 Å². The molecule has 0 spiro atoms. The van der Waals surface area contributed by atoms with Crippen LogP contribution in [0.25, 0.3) is 0 Å². The molecule has 2 aliphatic rings. The zero-order valence-corrected chi connectivity index (χ0v) is 12.6. The second-order valence-electron chi connectivity index (χ2n) is 6.15. The molecule has 1 fully saturated rings. The van der Waals surface area contributed by atoms with E-state index in [1.807, 2.05) is 0 Å². The van der Waals surface area contributed by atoms with Crippen molar-refractivity contribution in [1.29, 1.82) is 0 Å². The fraction of sp³-hybridized carbons (Fsp3) is 0.471. The molecule has 1 aromatic rings. The third kappa shape index (κ3) is 2.63. The molecule has 5 heteroatoms. The molecule has 1 atom stereocenters. The van der Waals surface area contributed by atoms with Gasteiger partial charge in [0, 0.05) is 0 Å². The highest BCUT2D eigenvalue weighted by molar-refractivity contribution is 6.20. The lowest BCUT2D eigenvalue weighted by atomic mass is 9.95. The van der Waals surface area contributed by atoms with Crippen LogP contribution in [0, 0.1) is 11.8 Å². The van der Waals surface area contributed by atoms with Gasteiger partial charge in [0.1, 0.15) is 0 Å². The molecule has 0 bridgehead atoms. The minimum absolute atomic E-state index is 0.281. The molecule has 0 aromatic heterocycles. The number of hydrogen-bond acceptors (Lipinski definition) is 4. The van der Waals surface area contributed by atoms with Gasteiger partial charge in [-0.2, -0.15) is 0 Å². The van der Waals surface area contributed by atoms with Gasteiger partial charge in [0.05, 0.1) is 17.0 Å². The molecule has 2 amide bonds. The van der Waals surface area contributed by atoms with E-state index in [2.05, 4.69) is 0 Å². The van der Waals surface area contributed by atoms with Gasteiger partial charge in [-0.15, -0.1) is 0 Å². The predicted octanol–water partition coefficient (Wildman–Crippen LogP) is 2.96. The summed E-state index contributed by atoms with van der Waals surface area (Å²) in [5, 5.41) is 0.595. The minimum atomic E-state index is -0.568. The Hall–Kier alpha value is -2.17. The van der Waals surface area contributed by atoms with E-state index < -0.39 is 17.8 Å². The number of hydrogen-bond donors (Lipinski definition) is 0. The molecule has 22 heavy (non-hydrogen) atoms. The Kier molecular flexibility index (Phi) is 3.96. The lowest BCUT2D eigenvalue weighted by Crippen LogP contribution is -2.35. The number of amides is 2. The van der Waals surface area contributed by atoms with E-state index in [0.29, 0.717) is 11.0 Å².